The summed E-state index contributed by atoms with van der Waals surface area (Å²) in [5.41, 5.74) is 0.415. The van der Waals surface area contributed by atoms with E-state index in [2.05, 4.69) is 5.10 Å². The van der Waals surface area contributed by atoms with Crippen molar-refractivity contribution in [3.63, 3.8) is 0 Å². The Balaban J connectivity index is 2.07. The molecule has 2 rings (SSSR count). The van der Waals surface area contributed by atoms with Gasteiger partial charge in [-0.1, -0.05) is 0 Å². The maximum absolute atomic E-state index is 12.2. The van der Waals surface area contributed by atoms with E-state index in [1.54, 1.807) is 28.9 Å². The first-order chi connectivity index (χ1) is 8.49. The Labute approximate surface area is 105 Å². The molecular formula is C12H17N3O3. The second-order valence-corrected chi connectivity index (χ2v) is 4.78. The van der Waals surface area contributed by atoms with Crippen LogP contribution in [-0.2, 0) is 11.8 Å². The molecule has 0 aromatic carbocycles. The SMILES string of the molecule is CC1CC(C(=O)O)CCN1C(=O)c1ccn(C)n1. The third kappa shape index (κ3) is 2.37. The van der Waals surface area contributed by atoms with Crippen LogP contribution in [0.3, 0.4) is 0 Å². The maximum atomic E-state index is 12.2. The average Bonchev–Trinajstić information content (AvgIpc) is 2.74. The largest absolute Gasteiger partial charge is 0.481 e. The highest BCUT2D eigenvalue weighted by molar-refractivity contribution is 5.92. The average molecular weight is 251 g/mol. The molecular weight excluding hydrogens is 234 g/mol. The number of hydrogen-bond acceptors (Lipinski definition) is 3. The zero-order valence-electron chi connectivity index (χ0n) is 10.5. The van der Waals surface area contributed by atoms with Gasteiger partial charge in [0.05, 0.1) is 5.92 Å². The van der Waals surface area contributed by atoms with E-state index in [9.17, 15) is 9.59 Å². The minimum atomic E-state index is -0.771. The smallest absolute Gasteiger partial charge is 0.306 e. The highest BCUT2D eigenvalue weighted by atomic mass is 16.4. The molecule has 1 amide bonds. The van der Waals surface area contributed by atoms with Gasteiger partial charge in [-0.15, -0.1) is 0 Å². The summed E-state index contributed by atoms with van der Waals surface area (Å²) in [6.45, 7) is 2.36. The van der Waals surface area contributed by atoms with Crippen molar-refractivity contribution in [2.75, 3.05) is 6.54 Å². The molecule has 6 nitrogen and oxygen atoms in total. The van der Waals surface area contributed by atoms with Crippen LogP contribution in [0.25, 0.3) is 0 Å². The van der Waals surface area contributed by atoms with Gasteiger partial charge in [0.15, 0.2) is 0 Å². The van der Waals surface area contributed by atoms with Gasteiger partial charge in [0, 0.05) is 25.8 Å². The number of likely N-dealkylation sites (tertiary alicyclic amines) is 1. The Hall–Kier alpha value is -1.85. The van der Waals surface area contributed by atoms with Crippen LogP contribution < -0.4 is 0 Å². The first kappa shape index (κ1) is 12.6. The predicted octanol–water partition coefficient (Wildman–Crippen LogP) is 0.745. The van der Waals surface area contributed by atoms with Crippen LogP contribution in [0.4, 0.5) is 0 Å². The zero-order valence-corrected chi connectivity index (χ0v) is 10.5. The molecule has 0 saturated carbocycles. The van der Waals surface area contributed by atoms with Crippen molar-refractivity contribution in [1.29, 1.82) is 0 Å². The first-order valence-corrected chi connectivity index (χ1v) is 6.02. The van der Waals surface area contributed by atoms with Crippen molar-refractivity contribution in [2.24, 2.45) is 13.0 Å². The van der Waals surface area contributed by atoms with Gasteiger partial charge in [0.1, 0.15) is 5.69 Å². The quantitative estimate of drug-likeness (QED) is 0.841. The Morgan fingerprint density at radius 3 is 2.72 bits per heavy atom. The summed E-state index contributed by atoms with van der Waals surface area (Å²) in [5.74, 6) is -1.23. The van der Waals surface area contributed by atoms with Crippen LogP contribution in [0, 0.1) is 5.92 Å². The van der Waals surface area contributed by atoms with Crippen LogP contribution in [-0.4, -0.2) is 44.3 Å². The number of carboxylic acid groups (broad SMARTS) is 1. The molecule has 98 valence electrons. The minimum absolute atomic E-state index is 0.0608. The fourth-order valence-electron chi connectivity index (χ4n) is 2.37. The van der Waals surface area contributed by atoms with E-state index in [1.165, 1.54) is 0 Å². The molecule has 0 spiro atoms. The van der Waals surface area contributed by atoms with E-state index in [-0.39, 0.29) is 17.9 Å². The van der Waals surface area contributed by atoms with Gasteiger partial charge in [-0.3, -0.25) is 14.3 Å². The number of carboxylic acids is 1. The Morgan fingerprint density at radius 2 is 2.22 bits per heavy atom. The van der Waals surface area contributed by atoms with Crippen molar-refractivity contribution in [1.82, 2.24) is 14.7 Å². The second kappa shape index (κ2) is 4.80. The summed E-state index contributed by atoms with van der Waals surface area (Å²) < 4.78 is 1.59. The van der Waals surface area contributed by atoms with Gasteiger partial charge >= 0.3 is 5.97 Å². The molecule has 1 aromatic rings. The van der Waals surface area contributed by atoms with Gasteiger partial charge in [0.25, 0.3) is 5.91 Å². The van der Waals surface area contributed by atoms with Gasteiger partial charge < -0.3 is 10.0 Å². The van der Waals surface area contributed by atoms with Crippen LogP contribution in [0.5, 0.6) is 0 Å². The van der Waals surface area contributed by atoms with Gasteiger partial charge in [-0.2, -0.15) is 5.10 Å². The van der Waals surface area contributed by atoms with Crippen molar-refractivity contribution < 1.29 is 14.7 Å². The van der Waals surface area contributed by atoms with Gasteiger partial charge in [-0.05, 0) is 25.8 Å². The molecule has 1 fully saturated rings. The Morgan fingerprint density at radius 1 is 1.50 bits per heavy atom. The number of carbonyl (C=O) groups excluding carboxylic acids is 1. The third-order valence-corrected chi connectivity index (χ3v) is 3.42. The predicted molar refractivity (Wildman–Crippen MR) is 64.1 cm³/mol. The molecule has 6 heteroatoms. The number of hydrogen-bond donors (Lipinski definition) is 1. The molecule has 1 aromatic heterocycles. The lowest BCUT2D eigenvalue weighted by Crippen LogP contribution is -2.46. The summed E-state index contributed by atoms with van der Waals surface area (Å²) in [5, 5.41) is 13.1. The second-order valence-electron chi connectivity index (χ2n) is 4.78. The van der Waals surface area contributed by atoms with Crippen molar-refractivity contribution in [3.8, 4) is 0 Å². The van der Waals surface area contributed by atoms with Crippen LogP contribution in [0.1, 0.15) is 30.3 Å². The summed E-state index contributed by atoms with van der Waals surface area (Å²) in [6, 6.07) is 1.62. The van der Waals surface area contributed by atoms with E-state index >= 15 is 0 Å². The van der Waals surface area contributed by atoms with E-state index in [0.29, 0.717) is 25.1 Å². The fourth-order valence-corrected chi connectivity index (χ4v) is 2.37. The van der Waals surface area contributed by atoms with E-state index in [4.69, 9.17) is 5.11 Å². The number of amides is 1. The van der Waals surface area contributed by atoms with Crippen molar-refractivity contribution in [3.05, 3.63) is 18.0 Å². The highest BCUT2D eigenvalue weighted by Crippen LogP contribution is 2.24. The molecule has 2 atom stereocenters. The molecule has 1 saturated heterocycles. The van der Waals surface area contributed by atoms with Crippen LogP contribution in [0.2, 0.25) is 0 Å². The molecule has 1 N–H and O–H groups in total. The Kier molecular flexibility index (Phi) is 3.36. The number of rotatable bonds is 2. The van der Waals surface area contributed by atoms with Crippen molar-refractivity contribution >= 4 is 11.9 Å². The summed E-state index contributed by atoms with van der Waals surface area (Å²) in [6.07, 6.45) is 2.74. The van der Waals surface area contributed by atoms with E-state index < -0.39 is 5.97 Å². The fraction of sp³-hybridized carbons (Fsp3) is 0.583. The van der Waals surface area contributed by atoms with E-state index in [1.807, 2.05) is 6.92 Å². The third-order valence-electron chi connectivity index (χ3n) is 3.42. The molecule has 1 aliphatic rings. The molecule has 2 unspecified atom stereocenters. The lowest BCUT2D eigenvalue weighted by molar-refractivity contribution is -0.143. The monoisotopic (exact) mass is 251 g/mol. The molecule has 0 bridgehead atoms. The minimum Gasteiger partial charge on any atom is -0.481 e. The summed E-state index contributed by atoms with van der Waals surface area (Å²) in [4.78, 5) is 24.8. The molecule has 0 radical (unpaired) electrons. The number of nitrogens with zero attached hydrogens (tertiary/aromatic N) is 3. The number of aryl methyl sites for hydroxylation is 1. The number of piperidine rings is 1. The molecule has 1 aliphatic heterocycles. The highest BCUT2D eigenvalue weighted by Gasteiger charge is 2.33. The number of aromatic nitrogens is 2. The number of aliphatic carboxylic acids is 1. The van der Waals surface area contributed by atoms with Crippen LogP contribution >= 0.6 is 0 Å². The first-order valence-electron chi connectivity index (χ1n) is 6.02. The van der Waals surface area contributed by atoms with Crippen molar-refractivity contribution in [2.45, 2.75) is 25.8 Å². The lowest BCUT2D eigenvalue weighted by atomic mass is 9.91. The summed E-state index contributed by atoms with van der Waals surface area (Å²) >= 11 is 0. The standard InChI is InChI=1S/C12H17N3O3/c1-8-7-9(12(17)18)3-6-15(8)11(16)10-4-5-14(2)13-10/h4-5,8-9H,3,6-7H2,1-2H3,(H,17,18). The van der Waals surface area contributed by atoms with Gasteiger partial charge in [-0.25, -0.2) is 0 Å². The lowest BCUT2D eigenvalue weighted by Gasteiger charge is -2.35. The molecule has 18 heavy (non-hydrogen) atoms. The number of carbonyl (C=O) groups is 2. The zero-order chi connectivity index (χ0) is 13.3. The van der Waals surface area contributed by atoms with E-state index in [0.717, 1.165) is 0 Å². The summed E-state index contributed by atoms with van der Waals surface area (Å²) in [7, 11) is 1.76. The maximum Gasteiger partial charge on any atom is 0.306 e. The van der Waals surface area contributed by atoms with Gasteiger partial charge in [0.2, 0.25) is 0 Å². The van der Waals surface area contributed by atoms with Crippen LogP contribution in [0.15, 0.2) is 12.3 Å². The normalized spacial score (nSPS) is 24.0. The molecule has 2 heterocycles. The molecule has 0 aliphatic carbocycles. The topological polar surface area (TPSA) is 75.4 Å². The Bertz CT molecular complexity index is 469.